The predicted octanol–water partition coefficient (Wildman–Crippen LogP) is 1.44. The zero-order chi connectivity index (χ0) is 14.5. The predicted molar refractivity (Wildman–Crippen MR) is 77.7 cm³/mol. The minimum atomic E-state index is -0.416. The van der Waals surface area contributed by atoms with Gasteiger partial charge in [0.05, 0.1) is 18.0 Å². The van der Waals surface area contributed by atoms with Crippen LogP contribution in [-0.4, -0.2) is 29.3 Å². The van der Waals surface area contributed by atoms with Crippen LogP contribution in [0.3, 0.4) is 0 Å². The van der Waals surface area contributed by atoms with Crippen molar-refractivity contribution in [2.45, 2.75) is 13.1 Å². The highest BCUT2D eigenvalue weighted by molar-refractivity contribution is 5.39. The fourth-order valence-electron chi connectivity index (χ4n) is 1.98. The van der Waals surface area contributed by atoms with E-state index < -0.39 is 6.17 Å². The highest BCUT2D eigenvalue weighted by Gasteiger charge is 2.24. The molecule has 1 aliphatic rings. The molecule has 1 aromatic carbocycles. The molecule has 2 rings (SSSR count). The Bertz CT molecular complexity index is 550. The lowest BCUT2D eigenvalue weighted by Crippen LogP contribution is -2.44. The van der Waals surface area contributed by atoms with Gasteiger partial charge in [0.2, 0.25) is 0 Å². The van der Waals surface area contributed by atoms with Crippen LogP contribution in [0, 0.1) is 0 Å². The van der Waals surface area contributed by atoms with E-state index in [9.17, 15) is 5.11 Å². The molecule has 1 aromatic rings. The van der Waals surface area contributed by atoms with E-state index in [4.69, 9.17) is 11.5 Å². The molecule has 1 heterocycles. The number of hydrogen-bond acceptors (Lipinski definition) is 6. The second-order valence-electron chi connectivity index (χ2n) is 4.42. The van der Waals surface area contributed by atoms with Crippen LogP contribution in [0.4, 0.5) is 5.69 Å². The van der Waals surface area contributed by atoms with E-state index in [1.165, 1.54) is 0 Å². The highest BCUT2D eigenvalue weighted by Crippen LogP contribution is 2.24. The summed E-state index contributed by atoms with van der Waals surface area (Å²) in [5, 5.41) is 17.7. The molecule has 0 bridgehead atoms. The van der Waals surface area contributed by atoms with Gasteiger partial charge in [0, 0.05) is 18.3 Å². The molecule has 0 radical (unpaired) electrons. The first-order valence-electron chi connectivity index (χ1n) is 6.47. The number of nitrogens with two attached hydrogens (primary N) is 2. The van der Waals surface area contributed by atoms with Crippen LogP contribution >= 0.6 is 0 Å². The number of likely N-dealkylation sites (N-methyl/N-ethyl adjacent to an activating group) is 1. The second kappa shape index (κ2) is 6.31. The fourth-order valence-corrected chi connectivity index (χ4v) is 1.98. The molecule has 6 heteroatoms. The molecule has 0 spiro atoms. The minimum absolute atomic E-state index is 0.193. The van der Waals surface area contributed by atoms with Gasteiger partial charge >= 0.3 is 0 Å². The maximum atomic E-state index is 9.40. The zero-order valence-electron chi connectivity index (χ0n) is 11.4. The lowest BCUT2D eigenvalue weighted by atomic mass is 10.1. The fraction of sp³-hybridized carbons (Fsp3) is 0.286. The molecule has 6 nitrogen and oxygen atoms in total. The van der Waals surface area contributed by atoms with Crippen LogP contribution in [0.15, 0.2) is 63.7 Å². The Kier molecular flexibility index (Phi) is 4.49. The topological polar surface area (TPSA) is 100 Å². The molecule has 1 atom stereocenters. The van der Waals surface area contributed by atoms with Gasteiger partial charge in [-0.15, -0.1) is 5.11 Å². The van der Waals surface area contributed by atoms with E-state index in [-0.39, 0.29) is 6.61 Å². The lowest BCUT2D eigenvalue weighted by molar-refractivity contribution is 0.263. The van der Waals surface area contributed by atoms with Gasteiger partial charge in [-0.25, -0.2) is 0 Å². The molecule has 0 saturated carbocycles. The Morgan fingerprint density at radius 2 is 1.95 bits per heavy atom. The van der Waals surface area contributed by atoms with Crippen LogP contribution < -0.4 is 11.5 Å². The molecular weight excluding hydrogens is 254 g/mol. The summed E-state index contributed by atoms with van der Waals surface area (Å²) >= 11 is 0. The molecule has 5 N–H and O–H groups in total. The quantitative estimate of drug-likeness (QED) is 0.722. The van der Waals surface area contributed by atoms with E-state index in [2.05, 4.69) is 10.2 Å². The van der Waals surface area contributed by atoms with Crippen molar-refractivity contribution in [3.8, 4) is 0 Å². The Morgan fingerprint density at radius 3 is 2.55 bits per heavy atom. The van der Waals surface area contributed by atoms with Crippen molar-refractivity contribution in [1.29, 1.82) is 0 Å². The molecule has 0 aromatic heterocycles. The number of aliphatic hydroxyl groups is 1. The molecule has 1 aliphatic heterocycles. The Balaban J connectivity index is 2.30. The van der Waals surface area contributed by atoms with Crippen molar-refractivity contribution in [3.63, 3.8) is 0 Å². The second-order valence-corrected chi connectivity index (χ2v) is 4.42. The van der Waals surface area contributed by atoms with Gasteiger partial charge in [0.25, 0.3) is 0 Å². The van der Waals surface area contributed by atoms with Crippen molar-refractivity contribution < 1.29 is 5.11 Å². The molecular formula is C14H19N5O. The van der Waals surface area contributed by atoms with Crippen molar-refractivity contribution in [2.75, 3.05) is 13.2 Å². The van der Waals surface area contributed by atoms with Gasteiger partial charge in [-0.1, -0.05) is 18.2 Å². The number of benzene rings is 1. The summed E-state index contributed by atoms with van der Waals surface area (Å²) in [7, 11) is 0. The standard InChI is InChI=1S/C14H19N5O/c1-2-19-8-12(13(15)11(9-20)14(19)16)18-17-10-6-4-3-5-7-10/h3-8,14,20H,2,9,15-16H2,1H3. The first kappa shape index (κ1) is 14.2. The molecule has 0 saturated heterocycles. The van der Waals surface area contributed by atoms with Gasteiger partial charge in [0.1, 0.15) is 11.9 Å². The molecule has 1 unspecified atom stereocenters. The van der Waals surface area contributed by atoms with Gasteiger partial charge in [-0.2, -0.15) is 5.11 Å². The number of hydrogen-bond donors (Lipinski definition) is 3. The third-order valence-corrected chi connectivity index (χ3v) is 3.19. The lowest BCUT2D eigenvalue weighted by Gasteiger charge is -2.32. The number of aliphatic hydroxyl groups excluding tert-OH is 1. The summed E-state index contributed by atoms with van der Waals surface area (Å²) in [6, 6.07) is 9.38. The van der Waals surface area contributed by atoms with Gasteiger partial charge in [-0.3, -0.25) is 0 Å². The van der Waals surface area contributed by atoms with Crippen molar-refractivity contribution >= 4 is 5.69 Å². The van der Waals surface area contributed by atoms with Crippen molar-refractivity contribution in [2.24, 2.45) is 21.7 Å². The summed E-state index contributed by atoms with van der Waals surface area (Å²) in [5.41, 5.74) is 14.2. The van der Waals surface area contributed by atoms with Crippen molar-refractivity contribution in [3.05, 3.63) is 53.5 Å². The third-order valence-electron chi connectivity index (χ3n) is 3.19. The summed E-state index contributed by atoms with van der Waals surface area (Å²) in [6.45, 7) is 2.48. The molecule has 0 aliphatic carbocycles. The number of nitrogens with zero attached hydrogens (tertiary/aromatic N) is 3. The summed E-state index contributed by atoms with van der Waals surface area (Å²) < 4.78 is 0. The van der Waals surface area contributed by atoms with Crippen LogP contribution in [0.1, 0.15) is 6.92 Å². The summed E-state index contributed by atoms with van der Waals surface area (Å²) in [4.78, 5) is 1.86. The first-order valence-corrected chi connectivity index (χ1v) is 6.47. The van der Waals surface area contributed by atoms with Crippen LogP contribution in [0.25, 0.3) is 0 Å². The Labute approximate surface area is 118 Å². The van der Waals surface area contributed by atoms with Crippen molar-refractivity contribution in [1.82, 2.24) is 4.90 Å². The van der Waals surface area contributed by atoms with E-state index in [0.29, 0.717) is 23.5 Å². The SMILES string of the molecule is CCN1C=C(N=Nc2ccccc2)C(N)=C(CO)C1N. The zero-order valence-corrected chi connectivity index (χ0v) is 11.4. The maximum Gasteiger partial charge on any atom is 0.125 e. The van der Waals surface area contributed by atoms with Gasteiger partial charge in [-0.05, 0) is 19.1 Å². The average molecular weight is 273 g/mol. The Morgan fingerprint density at radius 1 is 1.25 bits per heavy atom. The molecule has 20 heavy (non-hydrogen) atoms. The summed E-state index contributed by atoms with van der Waals surface area (Å²) in [6.07, 6.45) is 1.35. The third kappa shape index (κ3) is 2.87. The van der Waals surface area contributed by atoms with E-state index in [1.807, 2.05) is 42.2 Å². The molecule has 106 valence electrons. The molecule has 0 amide bonds. The number of azo groups is 1. The van der Waals surface area contributed by atoms with Crippen LogP contribution in [-0.2, 0) is 0 Å². The maximum absolute atomic E-state index is 9.40. The van der Waals surface area contributed by atoms with Crippen LogP contribution in [0.2, 0.25) is 0 Å². The average Bonchev–Trinajstić information content (AvgIpc) is 2.48. The van der Waals surface area contributed by atoms with E-state index in [0.717, 1.165) is 5.69 Å². The van der Waals surface area contributed by atoms with Crippen LogP contribution in [0.5, 0.6) is 0 Å². The number of rotatable bonds is 4. The first-order chi connectivity index (χ1) is 9.67. The Hall–Kier alpha value is -2.18. The minimum Gasteiger partial charge on any atom is -0.397 e. The highest BCUT2D eigenvalue weighted by atomic mass is 16.3. The van der Waals surface area contributed by atoms with Gasteiger partial charge < -0.3 is 21.5 Å². The van der Waals surface area contributed by atoms with E-state index >= 15 is 0 Å². The summed E-state index contributed by atoms with van der Waals surface area (Å²) in [5.74, 6) is 0. The van der Waals surface area contributed by atoms with E-state index in [1.54, 1.807) is 6.20 Å². The smallest absolute Gasteiger partial charge is 0.125 e. The van der Waals surface area contributed by atoms with Gasteiger partial charge in [0.15, 0.2) is 0 Å². The molecule has 0 fully saturated rings. The largest absolute Gasteiger partial charge is 0.397 e. The monoisotopic (exact) mass is 273 g/mol. The normalized spacial score (nSPS) is 19.6.